The summed E-state index contributed by atoms with van der Waals surface area (Å²) in [5, 5.41) is 0. The lowest BCUT2D eigenvalue weighted by Crippen LogP contribution is -2.21. The summed E-state index contributed by atoms with van der Waals surface area (Å²) in [6.07, 6.45) is 3.82. The van der Waals surface area contributed by atoms with Crippen molar-refractivity contribution in [3.63, 3.8) is 0 Å². The highest BCUT2D eigenvalue weighted by molar-refractivity contribution is 6.08. The minimum absolute atomic E-state index is 0.156. The van der Waals surface area contributed by atoms with Crippen molar-refractivity contribution in [1.29, 1.82) is 0 Å². The Labute approximate surface area is 158 Å². The van der Waals surface area contributed by atoms with Crippen LogP contribution in [0.2, 0.25) is 0 Å². The molecule has 0 aliphatic heterocycles. The van der Waals surface area contributed by atoms with Gasteiger partial charge in [0, 0.05) is 18.7 Å². The molecule has 0 saturated carbocycles. The number of hydrogen-bond donors (Lipinski definition) is 0. The van der Waals surface area contributed by atoms with E-state index in [-0.39, 0.29) is 11.2 Å². The van der Waals surface area contributed by atoms with Crippen molar-refractivity contribution in [1.82, 2.24) is 4.90 Å². The van der Waals surface area contributed by atoms with Gasteiger partial charge >= 0.3 is 0 Å². The van der Waals surface area contributed by atoms with Gasteiger partial charge in [0.05, 0.1) is 0 Å². The average Bonchev–Trinajstić information content (AvgIpc) is 2.62. The van der Waals surface area contributed by atoms with E-state index in [1.165, 1.54) is 5.56 Å². The number of ketones is 1. The van der Waals surface area contributed by atoms with Crippen LogP contribution in [0.5, 0.6) is 0 Å². The fraction of sp³-hybridized carbons (Fsp3) is 0.375. The van der Waals surface area contributed by atoms with E-state index >= 15 is 0 Å². The first kappa shape index (κ1) is 20.1. The van der Waals surface area contributed by atoms with Crippen LogP contribution < -0.4 is 0 Å². The molecule has 0 amide bonds. The molecule has 138 valence electrons. The van der Waals surface area contributed by atoms with Gasteiger partial charge in [0.15, 0.2) is 5.78 Å². The van der Waals surface area contributed by atoms with E-state index in [1.54, 1.807) is 0 Å². The van der Waals surface area contributed by atoms with Gasteiger partial charge in [-0.3, -0.25) is 4.79 Å². The number of nitrogens with zero attached hydrogens (tertiary/aromatic N) is 1. The summed E-state index contributed by atoms with van der Waals surface area (Å²) in [7, 11) is 2.11. The van der Waals surface area contributed by atoms with Crippen LogP contribution in [0.4, 0.5) is 0 Å². The zero-order valence-electron chi connectivity index (χ0n) is 16.5. The lowest BCUT2D eigenvalue weighted by Gasteiger charge is -2.19. The zero-order valence-corrected chi connectivity index (χ0v) is 16.5. The number of hydrogen-bond acceptors (Lipinski definition) is 2. The maximum Gasteiger partial charge on any atom is 0.188 e. The molecule has 0 unspecified atom stereocenters. The molecule has 0 fully saturated rings. The Balaban J connectivity index is 2.05. The number of allylic oxidation sites excluding steroid dienone is 1. The van der Waals surface area contributed by atoms with Gasteiger partial charge in [0.2, 0.25) is 0 Å². The molecule has 0 heterocycles. The number of Topliss-reactive ketones (excluding diaryl/α,β-unsaturated/α-hetero) is 1. The number of rotatable bonds is 8. The van der Waals surface area contributed by atoms with Gasteiger partial charge in [-0.05, 0) is 36.4 Å². The minimum Gasteiger partial charge on any atom is -0.302 e. The van der Waals surface area contributed by atoms with Crippen LogP contribution in [0.25, 0.3) is 0 Å². The maximum atomic E-state index is 12.9. The molecule has 0 aliphatic carbocycles. The van der Waals surface area contributed by atoms with E-state index < -0.39 is 0 Å². The Morgan fingerprint density at radius 2 is 1.54 bits per heavy atom. The van der Waals surface area contributed by atoms with Gasteiger partial charge in [-0.1, -0.05) is 87.5 Å². The number of carbonyl (C=O) groups excluding carboxylic acids is 1. The van der Waals surface area contributed by atoms with Crippen LogP contribution in [0.15, 0.2) is 72.3 Å². The van der Waals surface area contributed by atoms with Crippen molar-refractivity contribution >= 4 is 5.78 Å². The molecule has 2 nitrogen and oxygen atoms in total. The molecule has 2 rings (SSSR count). The van der Waals surface area contributed by atoms with Gasteiger partial charge in [-0.15, -0.1) is 0 Å². The fourth-order valence-corrected chi connectivity index (χ4v) is 2.80. The van der Waals surface area contributed by atoms with Crippen molar-refractivity contribution in [3.8, 4) is 0 Å². The first-order valence-corrected chi connectivity index (χ1v) is 9.36. The first-order valence-electron chi connectivity index (χ1n) is 9.36. The summed E-state index contributed by atoms with van der Waals surface area (Å²) >= 11 is 0. The van der Waals surface area contributed by atoms with Crippen LogP contribution in [0.3, 0.4) is 0 Å². The molecule has 0 aromatic heterocycles. The topological polar surface area (TPSA) is 20.3 Å². The minimum atomic E-state index is 0.156. The van der Waals surface area contributed by atoms with Gasteiger partial charge in [0.1, 0.15) is 0 Å². The first-order chi connectivity index (χ1) is 12.3. The summed E-state index contributed by atoms with van der Waals surface area (Å²) < 4.78 is 0. The number of benzene rings is 2. The van der Waals surface area contributed by atoms with E-state index in [9.17, 15) is 4.79 Å². The molecule has 0 N–H and O–H groups in total. The van der Waals surface area contributed by atoms with Crippen LogP contribution in [0.1, 0.15) is 49.5 Å². The van der Waals surface area contributed by atoms with Gasteiger partial charge in [-0.2, -0.15) is 0 Å². The molecule has 26 heavy (non-hydrogen) atoms. The SMILES string of the molecule is CN(CC/C(=C\CC(C)(C)C)C(=O)c1ccccc1)Cc1ccccc1. The summed E-state index contributed by atoms with van der Waals surface area (Å²) in [4.78, 5) is 15.2. The third-order valence-electron chi connectivity index (χ3n) is 4.35. The normalized spacial score (nSPS) is 12.4. The monoisotopic (exact) mass is 349 g/mol. The summed E-state index contributed by atoms with van der Waals surface area (Å²) in [6, 6.07) is 20.1. The molecule has 2 heteroatoms. The third-order valence-corrected chi connectivity index (χ3v) is 4.35. The van der Waals surface area contributed by atoms with E-state index in [2.05, 4.69) is 63.1 Å². The second-order valence-corrected chi connectivity index (χ2v) is 8.16. The fourth-order valence-electron chi connectivity index (χ4n) is 2.80. The predicted octanol–water partition coefficient (Wildman–Crippen LogP) is 5.75. The average molecular weight is 350 g/mol. The Bertz CT molecular complexity index is 711. The summed E-state index contributed by atoms with van der Waals surface area (Å²) in [5.74, 6) is 0.156. The van der Waals surface area contributed by atoms with Crippen LogP contribution in [-0.2, 0) is 6.54 Å². The molecule has 0 aliphatic rings. The Hall–Kier alpha value is -2.19. The predicted molar refractivity (Wildman–Crippen MR) is 110 cm³/mol. The van der Waals surface area contributed by atoms with Crippen LogP contribution in [0, 0.1) is 5.41 Å². The Kier molecular flexibility index (Phi) is 7.35. The highest BCUT2D eigenvalue weighted by atomic mass is 16.1. The quantitative estimate of drug-likeness (QED) is 0.446. The molecule has 0 saturated heterocycles. The smallest absolute Gasteiger partial charge is 0.188 e. The van der Waals surface area contributed by atoms with Crippen molar-refractivity contribution in [2.75, 3.05) is 13.6 Å². The highest BCUT2D eigenvalue weighted by Gasteiger charge is 2.15. The molecule has 0 spiro atoms. The lowest BCUT2D eigenvalue weighted by atomic mass is 9.89. The molecule has 0 bridgehead atoms. The van der Waals surface area contributed by atoms with E-state index in [0.29, 0.717) is 0 Å². The van der Waals surface area contributed by atoms with Crippen molar-refractivity contribution in [3.05, 3.63) is 83.4 Å². The molecular weight excluding hydrogens is 318 g/mol. The third kappa shape index (κ3) is 6.97. The largest absolute Gasteiger partial charge is 0.302 e. The zero-order chi connectivity index (χ0) is 19.0. The maximum absolute atomic E-state index is 12.9. The molecule has 0 atom stereocenters. The number of carbonyl (C=O) groups is 1. The van der Waals surface area contributed by atoms with Gasteiger partial charge in [0.25, 0.3) is 0 Å². The molecule has 0 radical (unpaired) electrons. The van der Waals surface area contributed by atoms with Crippen LogP contribution >= 0.6 is 0 Å². The Morgan fingerprint density at radius 1 is 0.962 bits per heavy atom. The standard InChI is InChI=1S/C24H31NO/c1-24(2,3)17-15-22(23(26)21-13-9-6-10-14-21)16-18-25(4)19-20-11-7-5-8-12-20/h5-15H,16-19H2,1-4H3/b22-15+. The summed E-state index contributed by atoms with van der Waals surface area (Å²) in [5.41, 5.74) is 3.17. The van der Waals surface area contributed by atoms with Crippen molar-refractivity contribution < 1.29 is 4.79 Å². The summed E-state index contributed by atoms with van der Waals surface area (Å²) in [6.45, 7) is 8.37. The van der Waals surface area contributed by atoms with Crippen molar-refractivity contribution in [2.24, 2.45) is 5.41 Å². The van der Waals surface area contributed by atoms with Gasteiger partial charge < -0.3 is 4.90 Å². The lowest BCUT2D eigenvalue weighted by molar-refractivity contribution is 0.102. The molecular formula is C24H31NO. The molecule has 2 aromatic carbocycles. The van der Waals surface area contributed by atoms with E-state index in [4.69, 9.17) is 0 Å². The van der Waals surface area contributed by atoms with Gasteiger partial charge in [-0.25, -0.2) is 0 Å². The van der Waals surface area contributed by atoms with Crippen LogP contribution in [-0.4, -0.2) is 24.3 Å². The second kappa shape index (κ2) is 9.49. The van der Waals surface area contributed by atoms with E-state index in [1.807, 2.05) is 36.4 Å². The Morgan fingerprint density at radius 3 is 2.12 bits per heavy atom. The highest BCUT2D eigenvalue weighted by Crippen LogP contribution is 2.22. The van der Waals surface area contributed by atoms with Crippen molar-refractivity contribution in [2.45, 2.75) is 40.2 Å². The van der Waals surface area contributed by atoms with E-state index in [0.717, 1.165) is 37.1 Å². The second-order valence-electron chi connectivity index (χ2n) is 8.16. The molecule has 2 aromatic rings.